The summed E-state index contributed by atoms with van der Waals surface area (Å²) in [7, 11) is 1.60. The molecule has 0 saturated heterocycles. The number of carboxylic acid groups (broad SMARTS) is 1. The number of hydrogen-bond donors (Lipinski definition) is 2. The SMILES string of the molecule is COc1cccc(COC(C)C(=O)N[C@@H]2CC[C@H](C(=O)O)C2)c1. The molecule has 1 aliphatic rings. The van der Waals surface area contributed by atoms with Crippen LogP contribution in [-0.2, 0) is 20.9 Å². The van der Waals surface area contributed by atoms with E-state index >= 15 is 0 Å². The van der Waals surface area contributed by atoms with Crippen LogP contribution in [0.3, 0.4) is 0 Å². The summed E-state index contributed by atoms with van der Waals surface area (Å²) in [5.74, 6) is -0.602. The minimum absolute atomic E-state index is 0.0773. The molecule has 6 nitrogen and oxygen atoms in total. The molecule has 0 heterocycles. The molecular weight excluding hydrogens is 298 g/mol. The van der Waals surface area contributed by atoms with Crippen molar-refractivity contribution in [3.63, 3.8) is 0 Å². The molecule has 2 rings (SSSR count). The van der Waals surface area contributed by atoms with E-state index in [-0.39, 0.29) is 17.9 Å². The highest BCUT2D eigenvalue weighted by molar-refractivity contribution is 5.80. The number of ether oxygens (including phenoxy) is 2. The summed E-state index contributed by atoms with van der Waals surface area (Å²) in [4.78, 5) is 23.0. The van der Waals surface area contributed by atoms with Crippen molar-refractivity contribution in [2.45, 2.75) is 44.9 Å². The van der Waals surface area contributed by atoms with Gasteiger partial charge in [-0.2, -0.15) is 0 Å². The van der Waals surface area contributed by atoms with Gasteiger partial charge in [-0.15, -0.1) is 0 Å². The molecule has 2 N–H and O–H groups in total. The van der Waals surface area contributed by atoms with Crippen LogP contribution >= 0.6 is 0 Å². The van der Waals surface area contributed by atoms with Crippen LogP contribution < -0.4 is 10.1 Å². The first-order valence-electron chi connectivity index (χ1n) is 7.77. The maximum Gasteiger partial charge on any atom is 0.306 e. The van der Waals surface area contributed by atoms with Crippen molar-refractivity contribution in [3.05, 3.63) is 29.8 Å². The fraction of sp³-hybridized carbons (Fsp3) is 0.529. The fourth-order valence-corrected chi connectivity index (χ4v) is 2.71. The number of hydrogen-bond acceptors (Lipinski definition) is 4. The van der Waals surface area contributed by atoms with Crippen LogP contribution in [0.2, 0.25) is 0 Å². The average molecular weight is 321 g/mol. The van der Waals surface area contributed by atoms with Crippen molar-refractivity contribution in [2.24, 2.45) is 5.92 Å². The van der Waals surface area contributed by atoms with E-state index in [1.165, 1.54) is 0 Å². The quantitative estimate of drug-likeness (QED) is 0.802. The molecule has 1 aromatic rings. The number of nitrogens with one attached hydrogen (secondary N) is 1. The van der Waals surface area contributed by atoms with Gasteiger partial charge in [-0.3, -0.25) is 9.59 Å². The zero-order valence-corrected chi connectivity index (χ0v) is 13.5. The van der Waals surface area contributed by atoms with Crippen molar-refractivity contribution in [2.75, 3.05) is 7.11 Å². The van der Waals surface area contributed by atoms with Crippen molar-refractivity contribution < 1.29 is 24.2 Å². The van der Waals surface area contributed by atoms with Gasteiger partial charge in [0.05, 0.1) is 19.6 Å². The predicted molar refractivity (Wildman–Crippen MR) is 84.2 cm³/mol. The molecule has 1 aliphatic carbocycles. The molecule has 0 bridgehead atoms. The van der Waals surface area contributed by atoms with Gasteiger partial charge in [0, 0.05) is 6.04 Å². The van der Waals surface area contributed by atoms with Crippen LogP contribution in [0.1, 0.15) is 31.7 Å². The molecule has 6 heteroatoms. The first kappa shape index (κ1) is 17.3. The van der Waals surface area contributed by atoms with Gasteiger partial charge in [-0.1, -0.05) is 12.1 Å². The third-order valence-electron chi connectivity index (χ3n) is 4.13. The second-order valence-electron chi connectivity index (χ2n) is 5.86. The molecule has 3 atom stereocenters. The number of carbonyl (C=O) groups excluding carboxylic acids is 1. The highest BCUT2D eigenvalue weighted by atomic mass is 16.5. The number of rotatable bonds is 7. The number of carbonyl (C=O) groups is 2. The van der Waals surface area contributed by atoms with Crippen LogP contribution in [0.4, 0.5) is 0 Å². The normalized spacial score (nSPS) is 21.7. The number of benzene rings is 1. The lowest BCUT2D eigenvalue weighted by Gasteiger charge is -2.17. The summed E-state index contributed by atoms with van der Waals surface area (Å²) < 4.78 is 10.7. The Morgan fingerprint density at radius 3 is 2.83 bits per heavy atom. The topological polar surface area (TPSA) is 84.9 Å². The lowest BCUT2D eigenvalue weighted by Crippen LogP contribution is -2.40. The molecule has 1 amide bonds. The Balaban J connectivity index is 1.78. The number of amides is 1. The zero-order chi connectivity index (χ0) is 16.8. The van der Waals surface area contributed by atoms with Crippen molar-refractivity contribution >= 4 is 11.9 Å². The molecule has 23 heavy (non-hydrogen) atoms. The van der Waals surface area contributed by atoms with E-state index in [1.54, 1.807) is 14.0 Å². The van der Waals surface area contributed by atoms with Crippen molar-refractivity contribution in [3.8, 4) is 5.75 Å². The fourth-order valence-electron chi connectivity index (χ4n) is 2.71. The minimum atomic E-state index is -0.788. The van der Waals surface area contributed by atoms with Gasteiger partial charge in [0.2, 0.25) is 5.91 Å². The van der Waals surface area contributed by atoms with Gasteiger partial charge in [0.25, 0.3) is 0 Å². The van der Waals surface area contributed by atoms with E-state index < -0.39 is 12.1 Å². The Bertz CT molecular complexity index is 560. The van der Waals surface area contributed by atoms with E-state index in [1.807, 2.05) is 24.3 Å². The zero-order valence-electron chi connectivity index (χ0n) is 13.5. The van der Waals surface area contributed by atoms with Crippen LogP contribution in [-0.4, -0.2) is 36.2 Å². The van der Waals surface area contributed by atoms with E-state index in [2.05, 4.69) is 5.32 Å². The maximum atomic E-state index is 12.1. The third kappa shape index (κ3) is 4.96. The third-order valence-corrected chi connectivity index (χ3v) is 4.13. The van der Waals surface area contributed by atoms with Gasteiger partial charge >= 0.3 is 5.97 Å². The van der Waals surface area contributed by atoms with Crippen LogP contribution in [0.5, 0.6) is 5.75 Å². The standard InChI is InChI=1S/C17H23NO5/c1-11(23-10-12-4-3-5-15(8-12)22-2)16(19)18-14-7-6-13(9-14)17(20)21/h3-5,8,11,13-14H,6-7,9-10H2,1-2H3,(H,18,19)(H,20,21)/t11?,13-,14+/m0/s1. The Kier molecular flexibility index (Phi) is 5.98. The first-order valence-corrected chi connectivity index (χ1v) is 7.77. The summed E-state index contributed by atoms with van der Waals surface area (Å²) in [6, 6.07) is 7.40. The number of aliphatic carboxylic acids is 1. The second-order valence-corrected chi connectivity index (χ2v) is 5.86. The van der Waals surface area contributed by atoms with Gasteiger partial charge in [0.1, 0.15) is 11.9 Å². The molecule has 0 radical (unpaired) electrons. The predicted octanol–water partition coefficient (Wildman–Crippen LogP) is 1.97. The van der Waals surface area contributed by atoms with E-state index in [4.69, 9.17) is 14.6 Å². The van der Waals surface area contributed by atoms with E-state index in [0.29, 0.717) is 25.9 Å². The molecule has 1 aromatic carbocycles. The molecular formula is C17H23NO5. The first-order chi connectivity index (χ1) is 11.0. The Hall–Kier alpha value is -2.08. The summed E-state index contributed by atoms with van der Waals surface area (Å²) in [5.41, 5.74) is 0.927. The van der Waals surface area contributed by atoms with E-state index in [9.17, 15) is 9.59 Å². The molecule has 126 valence electrons. The second kappa shape index (κ2) is 7.97. The van der Waals surface area contributed by atoms with Crippen molar-refractivity contribution in [1.82, 2.24) is 5.32 Å². The Labute approximate surface area is 135 Å². The molecule has 0 aliphatic heterocycles. The highest BCUT2D eigenvalue weighted by Crippen LogP contribution is 2.25. The Morgan fingerprint density at radius 2 is 2.17 bits per heavy atom. The number of methoxy groups -OCH3 is 1. The van der Waals surface area contributed by atoms with Gasteiger partial charge in [-0.25, -0.2) is 0 Å². The highest BCUT2D eigenvalue weighted by Gasteiger charge is 2.31. The molecule has 1 saturated carbocycles. The van der Waals surface area contributed by atoms with Gasteiger partial charge in [-0.05, 0) is 43.9 Å². The monoisotopic (exact) mass is 321 g/mol. The summed E-state index contributed by atoms with van der Waals surface area (Å²) in [6.45, 7) is 2.01. The smallest absolute Gasteiger partial charge is 0.306 e. The summed E-state index contributed by atoms with van der Waals surface area (Å²) in [5, 5.41) is 11.9. The lowest BCUT2D eigenvalue weighted by atomic mass is 10.1. The Morgan fingerprint density at radius 1 is 1.39 bits per heavy atom. The summed E-state index contributed by atoms with van der Waals surface area (Å²) >= 11 is 0. The number of carboxylic acids is 1. The summed E-state index contributed by atoms with van der Waals surface area (Å²) in [6.07, 6.45) is 1.21. The largest absolute Gasteiger partial charge is 0.497 e. The maximum absolute atomic E-state index is 12.1. The lowest BCUT2D eigenvalue weighted by molar-refractivity contribution is -0.141. The molecule has 0 spiro atoms. The van der Waals surface area contributed by atoms with Crippen molar-refractivity contribution in [1.29, 1.82) is 0 Å². The average Bonchev–Trinajstić information content (AvgIpc) is 3.01. The van der Waals surface area contributed by atoms with Crippen LogP contribution in [0.15, 0.2) is 24.3 Å². The minimum Gasteiger partial charge on any atom is -0.497 e. The van der Waals surface area contributed by atoms with E-state index in [0.717, 1.165) is 11.3 Å². The molecule has 1 fully saturated rings. The van der Waals surface area contributed by atoms with Gasteiger partial charge in [0.15, 0.2) is 0 Å². The van der Waals surface area contributed by atoms with Crippen LogP contribution in [0.25, 0.3) is 0 Å². The molecule has 0 aromatic heterocycles. The van der Waals surface area contributed by atoms with Crippen LogP contribution in [0, 0.1) is 5.92 Å². The molecule has 1 unspecified atom stereocenters. The van der Waals surface area contributed by atoms with Gasteiger partial charge < -0.3 is 19.9 Å².